The molecule has 0 aliphatic heterocycles. The summed E-state index contributed by atoms with van der Waals surface area (Å²) in [7, 11) is 0. The van der Waals surface area contributed by atoms with Gasteiger partial charge in [0.1, 0.15) is 0 Å². The maximum Gasteiger partial charge on any atom is 0.00253 e. The maximum absolute atomic E-state index is 4.22. The molecule has 0 heterocycles. The van der Waals surface area contributed by atoms with Crippen LogP contribution in [0.1, 0.15) is 52.9 Å². The topological polar surface area (TPSA) is 0 Å². The predicted molar refractivity (Wildman–Crippen MR) is 64.3 cm³/mol. The zero-order valence-electron chi connectivity index (χ0n) is 9.97. The molecule has 0 spiro atoms. The molecule has 0 amide bonds. The number of hydrogen-bond donors (Lipinski definition) is 0. The Morgan fingerprint density at radius 1 is 1.50 bits per heavy atom. The normalized spacial score (nSPS) is 27.1. The van der Waals surface area contributed by atoms with Crippen molar-refractivity contribution in [3.63, 3.8) is 0 Å². The van der Waals surface area contributed by atoms with Crippen LogP contribution in [0.2, 0.25) is 0 Å². The van der Waals surface area contributed by atoms with Gasteiger partial charge in [0, 0.05) is 5.92 Å². The first kappa shape index (κ1) is 11.6. The Bertz CT molecular complexity index is 220. The van der Waals surface area contributed by atoms with Crippen molar-refractivity contribution < 1.29 is 0 Å². The highest BCUT2D eigenvalue weighted by atomic mass is 14.4. The van der Waals surface area contributed by atoms with Crippen molar-refractivity contribution >= 4 is 0 Å². The number of unbranched alkanes of at least 4 members (excludes halogenated alkanes) is 1. The van der Waals surface area contributed by atoms with E-state index in [2.05, 4.69) is 39.5 Å². The van der Waals surface area contributed by atoms with Gasteiger partial charge in [0.15, 0.2) is 0 Å². The molecule has 0 heteroatoms. The van der Waals surface area contributed by atoms with Gasteiger partial charge in [0.25, 0.3) is 0 Å². The van der Waals surface area contributed by atoms with Gasteiger partial charge in [-0.15, -0.1) is 0 Å². The van der Waals surface area contributed by atoms with Gasteiger partial charge < -0.3 is 0 Å². The highest BCUT2D eigenvalue weighted by Gasteiger charge is 2.32. The molecule has 0 N–H and O–H groups in total. The Labute approximate surface area is 89.1 Å². The Hall–Kier alpha value is -0.520. The summed E-state index contributed by atoms with van der Waals surface area (Å²) in [6, 6.07) is 0. The second-order valence-corrected chi connectivity index (χ2v) is 5.19. The molecule has 0 bridgehead atoms. The molecule has 1 aliphatic rings. The van der Waals surface area contributed by atoms with Gasteiger partial charge in [-0.05, 0) is 31.1 Å². The fraction of sp³-hybridized carbons (Fsp3) is 0.714. The van der Waals surface area contributed by atoms with Crippen LogP contribution in [-0.4, -0.2) is 0 Å². The maximum atomic E-state index is 4.22. The van der Waals surface area contributed by atoms with Gasteiger partial charge in [0.2, 0.25) is 0 Å². The molecule has 0 aromatic carbocycles. The van der Waals surface area contributed by atoms with E-state index in [0.717, 1.165) is 0 Å². The third kappa shape index (κ3) is 2.73. The van der Waals surface area contributed by atoms with Crippen LogP contribution in [0.15, 0.2) is 24.3 Å². The average Bonchev–Trinajstić information content (AvgIpc) is 2.09. The van der Waals surface area contributed by atoms with E-state index in [-0.39, 0.29) is 0 Å². The SMILES string of the molecule is C=C1CCCC(C)(C)C1C=CCCC. The first-order chi connectivity index (χ1) is 6.58. The Morgan fingerprint density at radius 3 is 2.79 bits per heavy atom. The Balaban J connectivity index is 2.65. The molecular formula is C14H24. The van der Waals surface area contributed by atoms with E-state index in [9.17, 15) is 0 Å². The zero-order valence-corrected chi connectivity index (χ0v) is 9.97. The molecule has 0 aromatic rings. The summed E-state index contributed by atoms with van der Waals surface area (Å²) in [5.41, 5.74) is 1.87. The first-order valence-corrected chi connectivity index (χ1v) is 5.92. The van der Waals surface area contributed by atoms with Crippen LogP contribution in [0, 0.1) is 11.3 Å². The lowest BCUT2D eigenvalue weighted by atomic mass is 9.67. The highest BCUT2D eigenvalue weighted by Crippen LogP contribution is 2.43. The van der Waals surface area contributed by atoms with E-state index in [0.29, 0.717) is 11.3 Å². The lowest BCUT2D eigenvalue weighted by Gasteiger charge is -2.38. The summed E-state index contributed by atoms with van der Waals surface area (Å²) >= 11 is 0. The van der Waals surface area contributed by atoms with Crippen LogP contribution in [-0.2, 0) is 0 Å². The third-order valence-electron chi connectivity index (χ3n) is 3.38. The lowest BCUT2D eigenvalue weighted by Crippen LogP contribution is -2.27. The molecule has 1 unspecified atom stereocenters. The molecule has 14 heavy (non-hydrogen) atoms. The molecule has 1 aliphatic carbocycles. The Kier molecular flexibility index (Phi) is 3.97. The van der Waals surface area contributed by atoms with Gasteiger partial charge in [-0.3, -0.25) is 0 Å². The summed E-state index contributed by atoms with van der Waals surface area (Å²) in [5, 5.41) is 0. The van der Waals surface area contributed by atoms with Crippen molar-refractivity contribution in [1.82, 2.24) is 0 Å². The molecule has 1 fully saturated rings. The van der Waals surface area contributed by atoms with Crippen LogP contribution >= 0.6 is 0 Å². The van der Waals surface area contributed by atoms with E-state index in [1.165, 1.54) is 37.7 Å². The number of allylic oxidation sites excluding steroid dienone is 3. The molecule has 1 saturated carbocycles. The minimum atomic E-state index is 0.430. The van der Waals surface area contributed by atoms with E-state index in [1.54, 1.807) is 0 Å². The largest absolute Gasteiger partial charge is 0.0992 e. The molecule has 0 nitrogen and oxygen atoms in total. The van der Waals surface area contributed by atoms with Crippen LogP contribution < -0.4 is 0 Å². The van der Waals surface area contributed by atoms with Crippen molar-refractivity contribution in [2.24, 2.45) is 11.3 Å². The second kappa shape index (κ2) is 4.82. The summed E-state index contributed by atoms with van der Waals surface area (Å²) < 4.78 is 0. The molecule has 0 saturated heterocycles. The lowest BCUT2D eigenvalue weighted by molar-refractivity contribution is 0.228. The average molecular weight is 192 g/mol. The van der Waals surface area contributed by atoms with Crippen LogP contribution in [0.4, 0.5) is 0 Å². The van der Waals surface area contributed by atoms with Crippen LogP contribution in [0.5, 0.6) is 0 Å². The highest BCUT2D eigenvalue weighted by molar-refractivity contribution is 5.16. The van der Waals surface area contributed by atoms with Crippen molar-refractivity contribution in [3.05, 3.63) is 24.3 Å². The zero-order chi connectivity index (χ0) is 10.6. The van der Waals surface area contributed by atoms with Gasteiger partial charge in [-0.25, -0.2) is 0 Å². The first-order valence-electron chi connectivity index (χ1n) is 5.92. The summed E-state index contributed by atoms with van der Waals surface area (Å²) in [5.74, 6) is 0.614. The van der Waals surface area contributed by atoms with Gasteiger partial charge in [-0.1, -0.05) is 51.5 Å². The molecular weight excluding hydrogens is 168 g/mol. The molecule has 1 rings (SSSR count). The number of rotatable bonds is 3. The summed E-state index contributed by atoms with van der Waals surface area (Å²) in [6.45, 7) is 11.2. The van der Waals surface area contributed by atoms with E-state index in [4.69, 9.17) is 0 Å². The third-order valence-corrected chi connectivity index (χ3v) is 3.38. The van der Waals surface area contributed by atoms with E-state index in [1.807, 2.05) is 0 Å². The minimum Gasteiger partial charge on any atom is -0.0992 e. The van der Waals surface area contributed by atoms with Gasteiger partial charge >= 0.3 is 0 Å². The fourth-order valence-corrected chi connectivity index (χ4v) is 2.43. The molecule has 80 valence electrons. The predicted octanol–water partition coefficient (Wildman–Crippen LogP) is 4.73. The fourth-order valence-electron chi connectivity index (χ4n) is 2.43. The van der Waals surface area contributed by atoms with Crippen molar-refractivity contribution in [2.45, 2.75) is 52.9 Å². The Morgan fingerprint density at radius 2 is 2.21 bits per heavy atom. The smallest absolute Gasteiger partial charge is 0.00253 e. The number of hydrogen-bond acceptors (Lipinski definition) is 0. The molecule has 1 atom stereocenters. The van der Waals surface area contributed by atoms with E-state index >= 15 is 0 Å². The summed E-state index contributed by atoms with van der Waals surface area (Å²) in [4.78, 5) is 0. The standard InChI is InChI=1S/C14H24/c1-5-6-7-10-13-12(2)9-8-11-14(13,3)4/h7,10,13H,2,5-6,8-9,11H2,1,3-4H3. The van der Waals surface area contributed by atoms with E-state index < -0.39 is 0 Å². The van der Waals surface area contributed by atoms with Gasteiger partial charge in [0.05, 0.1) is 0 Å². The van der Waals surface area contributed by atoms with Crippen LogP contribution in [0.3, 0.4) is 0 Å². The molecule has 0 aromatic heterocycles. The van der Waals surface area contributed by atoms with Crippen LogP contribution in [0.25, 0.3) is 0 Å². The quantitative estimate of drug-likeness (QED) is 0.567. The van der Waals surface area contributed by atoms with Gasteiger partial charge in [-0.2, -0.15) is 0 Å². The van der Waals surface area contributed by atoms with Crippen molar-refractivity contribution in [2.75, 3.05) is 0 Å². The summed E-state index contributed by atoms with van der Waals surface area (Å²) in [6.07, 6.45) is 11.1. The van der Waals surface area contributed by atoms with Crippen molar-refractivity contribution in [3.8, 4) is 0 Å². The second-order valence-electron chi connectivity index (χ2n) is 5.19. The molecule has 0 radical (unpaired) electrons. The van der Waals surface area contributed by atoms with Crippen molar-refractivity contribution in [1.29, 1.82) is 0 Å². The monoisotopic (exact) mass is 192 g/mol. The minimum absolute atomic E-state index is 0.430.